The van der Waals surface area contributed by atoms with E-state index in [1.54, 1.807) is 13.0 Å². The Morgan fingerprint density at radius 3 is 2.35 bits per heavy atom. The predicted octanol–water partition coefficient (Wildman–Crippen LogP) is 3.93. The molecule has 0 saturated carbocycles. The minimum atomic E-state index is -1.49. The van der Waals surface area contributed by atoms with Gasteiger partial charge in [-0.05, 0) is 89.5 Å². The summed E-state index contributed by atoms with van der Waals surface area (Å²) < 4.78 is 38.9. The van der Waals surface area contributed by atoms with E-state index < -0.39 is 77.4 Å². The van der Waals surface area contributed by atoms with Crippen LogP contribution in [-0.4, -0.2) is 99.7 Å². The lowest BCUT2D eigenvalue weighted by molar-refractivity contribution is -0.147. The number of hydrogen-bond acceptors (Lipinski definition) is 13. The first-order valence-electron chi connectivity index (χ1n) is 18.9. The third-order valence-electron chi connectivity index (χ3n) is 9.63. The molecule has 62 heavy (non-hydrogen) atoms. The van der Waals surface area contributed by atoms with Crippen LogP contribution < -0.4 is 21.8 Å². The number of phenolic OH excluding ortho intramolecular Hbond substituents is 2. The second-order valence-corrected chi connectivity index (χ2v) is 15.6. The first-order valence-corrected chi connectivity index (χ1v) is 20.0. The zero-order valence-electron chi connectivity index (χ0n) is 33.8. The minimum Gasteiger partial charge on any atom is -0.508 e. The van der Waals surface area contributed by atoms with Crippen LogP contribution in [0.4, 0.5) is 20.2 Å². The summed E-state index contributed by atoms with van der Waals surface area (Å²) in [6.07, 6.45) is -0.468. The molecule has 3 aromatic carbocycles. The molecule has 0 aliphatic rings. The third kappa shape index (κ3) is 9.12. The number of phenols is 2. The zero-order valence-corrected chi connectivity index (χ0v) is 36.0. The van der Waals surface area contributed by atoms with Crippen molar-refractivity contribution in [2.24, 2.45) is 7.05 Å². The van der Waals surface area contributed by atoms with Gasteiger partial charge in [0.15, 0.2) is 11.5 Å². The number of pyridine rings is 1. The number of fused-ring (bicyclic) bond motifs is 1. The van der Waals surface area contributed by atoms with Crippen LogP contribution in [0.5, 0.6) is 11.5 Å². The van der Waals surface area contributed by atoms with E-state index in [2.05, 4.69) is 25.8 Å². The number of anilines is 2. The van der Waals surface area contributed by atoms with Gasteiger partial charge in [-0.25, -0.2) is 9.37 Å². The fourth-order valence-electron chi connectivity index (χ4n) is 6.47. The molecule has 0 saturated heterocycles. The highest BCUT2D eigenvalue weighted by Crippen LogP contribution is 2.38. The number of rotatable bonds is 14. The number of aryl methyl sites for hydroxylation is 1. The molecule has 1 atom stereocenters. The maximum atomic E-state index is 15.3. The highest BCUT2D eigenvalue weighted by Gasteiger charge is 2.26. The topological polar surface area (TPSA) is 236 Å². The number of halogens is 3. The lowest BCUT2D eigenvalue weighted by Crippen LogP contribution is -2.35. The highest BCUT2D eigenvalue weighted by molar-refractivity contribution is 14.1. The summed E-state index contributed by atoms with van der Waals surface area (Å²) >= 11 is 1.88. The van der Waals surface area contributed by atoms with Gasteiger partial charge in [0, 0.05) is 41.5 Å². The summed E-state index contributed by atoms with van der Waals surface area (Å²) in [5.41, 5.74) is -1.83. The van der Waals surface area contributed by atoms with E-state index >= 15 is 4.39 Å². The first kappa shape index (κ1) is 44.8. The summed E-state index contributed by atoms with van der Waals surface area (Å²) in [4.78, 5) is 70.6. The van der Waals surface area contributed by atoms with Crippen LogP contribution in [0.3, 0.4) is 0 Å². The molecule has 18 nitrogen and oxygen atoms in total. The van der Waals surface area contributed by atoms with Crippen LogP contribution in [0, 0.1) is 15.2 Å². The number of likely N-dealkylation sites (N-methyl/N-ethyl adjacent to an activating group) is 1. The summed E-state index contributed by atoms with van der Waals surface area (Å²) in [5.74, 6) is -4.75. The van der Waals surface area contributed by atoms with E-state index in [0.717, 1.165) is 20.4 Å². The molecule has 6 aromatic rings. The smallest absolute Gasteiger partial charge is 0.325 e. The van der Waals surface area contributed by atoms with Crippen LogP contribution in [-0.2, 0) is 23.1 Å². The molecule has 0 bridgehead atoms. The van der Waals surface area contributed by atoms with Crippen LogP contribution in [0.15, 0.2) is 70.5 Å². The summed E-state index contributed by atoms with van der Waals surface area (Å²) in [7, 11) is 2.55. The van der Waals surface area contributed by atoms with Gasteiger partial charge in [0.25, 0.3) is 22.9 Å². The van der Waals surface area contributed by atoms with E-state index in [-0.39, 0.29) is 58.1 Å². The lowest BCUT2D eigenvalue weighted by Gasteiger charge is -2.19. The van der Waals surface area contributed by atoms with E-state index in [1.165, 1.54) is 67.2 Å². The molecule has 5 N–H and O–H groups in total. The molecular weight excluding hydrogens is 927 g/mol. The number of hydrogen-bond donors (Lipinski definition) is 5. The Balaban J connectivity index is 1.14. The van der Waals surface area contributed by atoms with Crippen molar-refractivity contribution in [3.63, 3.8) is 0 Å². The standard InChI is InChI=1S/C41H40F2IN9O9/c1-6-45-38(58)37-49-48-35(26-14-25(20(2)3)29(55)15-30(26)56)53(37)23-10-7-21(8-11-23)39(59)50(4)17-31(57)62-18-24(54)16-52-19-46-36-32(40(52)60)34(33(43)41(61)51(36)5)47-28-12-9-22(44)13-27(28)42/h7-15,19-20,24,47,54-56H,6,16-18H2,1-5H3,(H,45,58). The molecule has 3 heterocycles. The van der Waals surface area contributed by atoms with E-state index in [9.17, 15) is 43.7 Å². The van der Waals surface area contributed by atoms with Gasteiger partial charge in [-0.1, -0.05) is 13.8 Å². The van der Waals surface area contributed by atoms with E-state index in [4.69, 9.17) is 4.74 Å². The van der Waals surface area contributed by atoms with Gasteiger partial charge in [0.05, 0.1) is 23.5 Å². The summed E-state index contributed by atoms with van der Waals surface area (Å²) in [5, 5.41) is 45.0. The van der Waals surface area contributed by atoms with Crippen molar-refractivity contribution in [2.75, 3.05) is 32.1 Å². The Hall–Kier alpha value is -6.75. The number of carbonyl (C=O) groups excluding carboxylic acids is 3. The number of esters is 1. The third-order valence-corrected chi connectivity index (χ3v) is 10.3. The maximum Gasteiger partial charge on any atom is 0.325 e. The first-order chi connectivity index (χ1) is 29.4. The predicted molar refractivity (Wildman–Crippen MR) is 230 cm³/mol. The van der Waals surface area contributed by atoms with Gasteiger partial charge in [-0.15, -0.1) is 10.2 Å². The molecule has 21 heteroatoms. The molecule has 1 unspecified atom stereocenters. The zero-order chi connectivity index (χ0) is 45.2. The molecule has 6 rings (SSSR count). The van der Waals surface area contributed by atoms with E-state index in [0.29, 0.717) is 14.8 Å². The Labute approximate surface area is 364 Å². The molecule has 2 amide bonds. The second-order valence-electron chi connectivity index (χ2n) is 14.4. The van der Waals surface area contributed by atoms with Gasteiger partial charge < -0.3 is 35.6 Å². The van der Waals surface area contributed by atoms with Gasteiger partial charge in [0.1, 0.15) is 48.3 Å². The minimum absolute atomic E-state index is 0.0886. The van der Waals surface area contributed by atoms with Crippen molar-refractivity contribution < 1.29 is 43.2 Å². The van der Waals surface area contributed by atoms with E-state index in [1.807, 2.05) is 36.4 Å². The van der Waals surface area contributed by atoms with Crippen molar-refractivity contribution >= 4 is 62.8 Å². The number of aliphatic hydroxyl groups excluding tert-OH is 1. The van der Waals surface area contributed by atoms with Crippen LogP contribution in [0.2, 0.25) is 0 Å². The number of ether oxygens (including phenoxy) is 1. The number of amides is 2. The van der Waals surface area contributed by atoms with Crippen molar-refractivity contribution in [1.82, 2.24) is 39.1 Å². The summed E-state index contributed by atoms with van der Waals surface area (Å²) in [6, 6.07) is 12.7. The second kappa shape index (κ2) is 18.5. The summed E-state index contributed by atoms with van der Waals surface area (Å²) in [6.45, 7) is 4.08. The van der Waals surface area contributed by atoms with Crippen LogP contribution in [0.25, 0.3) is 28.1 Å². The Bertz CT molecular complexity index is 2850. The lowest BCUT2D eigenvalue weighted by atomic mass is 9.98. The molecule has 0 spiro atoms. The van der Waals surface area contributed by atoms with Gasteiger partial charge in [-0.3, -0.25) is 37.7 Å². The van der Waals surface area contributed by atoms with Crippen molar-refractivity contribution in [2.45, 2.75) is 39.3 Å². The fourth-order valence-corrected chi connectivity index (χ4v) is 6.92. The molecule has 0 aliphatic heterocycles. The SMILES string of the molecule is CCNC(=O)c1nnc(-c2cc(C(C)C)c(O)cc2O)n1-c1ccc(C(=O)N(C)CC(=O)OCC(O)Cn2cnc3c(c(Nc4ccc(I)cc4F)c(F)c(=O)n3C)c2=O)cc1. The number of nitrogens with zero attached hydrogens (tertiary/aromatic N) is 7. The fraction of sp³-hybridized carbons (Fsp3) is 0.268. The highest BCUT2D eigenvalue weighted by atomic mass is 127. The molecule has 0 radical (unpaired) electrons. The molecule has 324 valence electrons. The molecule has 0 fully saturated rings. The molecular formula is C41H40F2IN9O9. The van der Waals surface area contributed by atoms with Gasteiger partial charge >= 0.3 is 5.97 Å². The Kier molecular flexibility index (Phi) is 13.3. The number of aliphatic hydroxyl groups is 1. The van der Waals surface area contributed by atoms with Crippen molar-refractivity contribution in [3.05, 3.63) is 114 Å². The van der Waals surface area contributed by atoms with Crippen LogP contribution >= 0.6 is 22.6 Å². The number of carbonyl (C=O) groups is 3. The molecule has 3 aromatic heterocycles. The Morgan fingerprint density at radius 2 is 1.69 bits per heavy atom. The normalized spacial score (nSPS) is 11.8. The van der Waals surface area contributed by atoms with Crippen molar-refractivity contribution in [3.8, 4) is 28.6 Å². The quantitative estimate of drug-likeness (QED) is 0.0770. The Morgan fingerprint density at radius 1 is 0.984 bits per heavy atom. The number of aromatic hydroxyl groups is 2. The monoisotopic (exact) mass is 967 g/mol. The maximum absolute atomic E-state index is 15.3. The van der Waals surface area contributed by atoms with Gasteiger partial charge in [0.2, 0.25) is 11.6 Å². The average molecular weight is 968 g/mol. The number of nitrogens with one attached hydrogen (secondary N) is 2. The number of aromatic nitrogens is 6. The molecule has 0 aliphatic carbocycles. The number of benzene rings is 3. The average Bonchev–Trinajstić information content (AvgIpc) is 3.67. The largest absolute Gasteiger partial charge is 0.508 e. The van der Waals surface area contributed by atoms with Gasteiger partial charge in [-0.2, -0.15) is 4.39 Å². The van der Waals surface area contributed by atoms with Crippen LogP contribution in [0.1, 0.15) is 53.2 Å². The van der Waals surface area contributed by atoms with Crippen molar-refractivity contribution in [1.29, 1.82) is 0 Å².